The van der Waals surface area contributed by atoms with Crippen molar-refractivity contribution in [2.75, 3.05) is 38.3 Å². The van der Waals surface area contributed by atoms with Gasteiger partial charge < -0.3 is 15.0 Å². The van der Waals surface area contributed by atoms with E-state index >= 15 is 0 Å². The lowest BCUT2D eigenvalue weighted by molar-refractivity contribution is -0.125. The Balaban J connectivity index is 1.58. The number of ether oxygens (including phenoxy) is 1. The minimum absolute atomic E-state index is 0.0654. The molecule has 2 heterocycles. The summed E-state index contributed by atoms with van der Waals surface area (Å²) in [6.07, 6.45) is 0. The van der Waals surface area contributed by atoms with E-state index in [-0.39, 0.29) is 11.8 Å². The molecule has 3 rings (SSSR count). The first-order valence-electron chi connectivity index (χ1n) is 7.06. The van der Waals surface area contributed by atoms with Gasteiger partial charge in [0.25, 0.3) is 0 Å². The summed E-state index contributed by atoms with van der Waals surface area (Å²) in [7, 11) is 1.63. The Morgan fingerprint density at radius 3 is 3.10 bits per heavy atom. The molecule has 2 aromatic rings. The van der Waals surface area contributed by atoms with Gasteiger partial charge in [-0.05, 0) is 24.6 Å². The SMILES string of the molecule is COCCNC(=O)C1CN(c2nc3ccc(C)cc3s2)C1. The molecule has 1 aromatic carbocycles. The predicted octanol–water partition coefficient (Wildman–Crippen LogP) is 1.80. The molecule has 1 amide bonds. The van der Waals surface area contributed by atoms with E-state index in [9.17, 15) is 4.79 Å². The lowest BCUT2D eigenvalue weighted by Crippen LogP contribution is -2.54. The highest BCUT2D eigenvalue weighted by molar-refractivity contribution is 7.22. The van der Waals surface area contributed by atoms with Crippen LogP contribution in [0.2, 0.25) is 0 Å². The minimum Gasteiger partial charge on any atom is -0.383 e. The Morgan fingerprint density at radius 1 is 1.52 bits per heavy atom. The van der Waals surface area contributed by atoms with E-state index < -0.39 is 0 Å². The Hall–Kier alpha value is -1.66. The molecular weight excluding hydrogens is 286 g/mol. The average Bonchev–Trinajstić information content (AvgIpc) is 2.79. The number of nitrogens with zero attached hydrogens (tertiary/aromatic N) is 2. The molecule has 0 unspecified atom stereocenters. The number of thiazole rings is 1. The van der Waals surface area contributed by atoms with Gasteiger partial charge in [0.15, 0.2) is 5.13 Å². The van der Waals surface area contributed by atoms with Crippen LogP contribution in [0.1, 0.15) is 5.56 Å². The first-order chi connectivity index (χ1) is 10.2. The van der Waals surface area contributed by atoms with Gasteiger partial charge in [-0.15, -0.1) is 0 Å². The zero-order valence-electron chi connectivity index (χ0n) is 12.3. The Labute approximate surface area is 127 Å². The molecule has 1 saturated heterocycles. The predicted molar refractivity (Wildman–Crippen MR) is 84.9 cm³/mol. The molecule has 1 aromatic heterocycles. The van der Waals surface area contributed by atoms with Crippen molar-refractivity contribution in [2.24, 2.45) is 5.92 Å². The number of aryl methyl sites for hydroxylation is 1. The average molecular weight is 305 g/mol. The van der Waals surface area contributed by atoms with Crippen molar-refractivity contribution in [3.63, 3.8) is 0 Å². The summed E-state index contributed by atoms with van der Waals surface area (Å²) >= 11 is 1.69. The summed E-state index contributed by atoms with van der Waals surface area (Å²) in [6.45, 7) is 4.71. The van der Waals surface area contributed by atoms with Gasteiger partial charge in [0.05, 0.1) is 22.7 Å². The number of nitrogens with one attached hydrogen (secondary N) is 1. The summed E-state index contributed by atoms with van der Waals surface area (Å²) < 4.78 is 6.13. The van der Waals surface area contributed by atoms with Crippen molar-refractivity contribution >= 4 is 32.6 Å². The van der Waals surface area contributed by atoms with Crippen molar-refractivity contribution < 1.29 is 9.53 Å². The topological polar surface area (TPSA) is 54.5 Å². The number of hydrogen-bond donors (Lipinski definition) is 1. The van der Waals surface area contributed by atoms with Crippen LogP contribution in [0, 0.1) is 12.8 Å². The van der Waals surface area contributed by atoms with Crippen molar-refractivity contribution in [3.05, 3.63) is 23.8 Å². The quantitative estimate of drug-likeness (QED) is 0.856. The number of rotatable bonds is 5. The van der Waals surface area contributed by atoms with Gasteiger partial charge >= 0.3 is 0 Å². The van der Waals surface area contributed by atoms with E-state index in [1.165, 1.54) is 10.3 Å². The highest BCUT2D eigenvalue weighted by Crippen LogP contribution is 2.33. The minimum atomic E-state index is 0.0654. The van der Waals surface area contributed by atoms with E-state index in [2.05, 4.69) is 40.3 Å². The first kappa shape index (κ1) is 14.3. The number of aromatic nitrogens is 1. The normalized spacial score (nSPS) is 15.2. The van der Waals surface area contributed by atoms with Gasteiger partial charge in [0.2, 0.25) is 5.91 Å². The summed E-state index contributed by atoms with van der Waals surface area (Å²) in [5.74, 6) is 0.177. The molecule has 0 saturated carbocycles. The highest BCUT2D eigenvalue weighted by Gasteiger charge is 2.34. The van der Waals surface area contributed by atoms with Crippen molar-refractivity contribution in [3.8, 4) is 0 Å². The molecule has 1 aliphatic heterocycles. The number of benzene rings is 1. The summed E-state index contributed by atoms with van der Waals surface area (Å²) in [6, 6.07) is 6.29. The smallest absolute Gasteiger partial charge is 0.226 e. The maximum atomic E-state index is 11.9. The van der Waals surface area contributed by atoms with E-state index in [0.29, 0.717) is 13.2 Å². The van der Waals surface area contributed by atoms with Crippen LogP contribution in [0.5, 0.6) is 0 Å². The number of anilines is 1. The second kappa shape index (κ2) is 5.99. The maximum absolute atomic E-state index is 11.9. The highest BCUT2D eigenvalue weighted by atomic mass is 32.1. The number of methoxy groups -OCH3 is 1. The lowest BCUT2D eigenvalue weighted by atomic mass is 10.0. The van der Waals surface area contributed by atoms with Crippen LogP contribution in [0.3, 0.4) is 0 Å². The van der Waals surface area contributed by atoms with Crippen LogP contribution in [0.25, 0.3) is 10.2 Å². The second-order valence-corrected chi connectivity index (χ2v) is 6.36. The third-order valence-corrected chi connectivity index (χ3v) is 4.74. The number of hydrogen-bond acceptors (Lipinski definition) is 5. The number of amides is 1. The van der Waals surface area contributed by atoms with Gasteiger partial charge in [0.1, 0.15) is 0 Å². The number of fused-ring (bicyclic) bond motifs is 1. The molecule has 5 nitrogen and oxygen atoms in total. The largest absolute Gasteiger partial charge is 0.383 e. The molecular formula is C15H19N3O2S. The molecule has 1 aliphatic rings. The number of carbonyl (C=O) groups is 1. The molecule has 21 heavy (non-hydrogen) atoms. The Morgan fingerprint density at radius 2 is 2.33 bits per heavy atom. The van der Waals surface area contributed by atoms with Crippen molar-refractivity contribution in [1.29, 1.82) is 0 Å². The van der Waals surface area contributed by atoms with Crippen LogP contribution in [-0.4, -0.2) is 44.2 Å². The maximum Gasteiger partial charge on any atom is 0.226 e. The van der Waals surface area contributed by atoms with Gasteiger partial charge in [-0.1, -0.05) is 17.4 Å². The third-order valence-electron chi connectivity index (χ3n) is 3.66. The van der Waals surface area contributed by atoms with Crippen LogP contribution >= 0.6 is 11.3 Å². The molecule has 1 fully saturated rings. The summed E-state index contributed by atoms with van der Waals surface area (Å²) in [5, 5.41) is 3.89. The zero-order chi connectivity index (χ0) is 14.8. The van der Waals surface area contributed by atoms with Gasteiger partial charge in [-0.2, -0.15) is 0 Å². The zero-order valence-corrected chi connectivity index (χ0v) is 13.1. The van der Waals surface area contributed by atoms with E-state index in [0.717, 1.165) is 23.7 Å². The van der Waals surface area contributed by atoms with E-state index in [1.807, 2.05) is 0 Å². The van der Waals surface area contributed by atoms with Crippen LogP contribution in [-0.2, 0) is 9.53 Å². The van der Waals surface area contributed by atoms with Crippen LogP contribution in [0.4, 0.5) is 5.13 Å². The van der Waals surface area contributed by atoms with Crippen molar-refractivity contribution in [2.45, 2.75) is 6.92 Å². The van der Waals surface area contributed by atoms with E-state index in [1.54, 1.807) is 18.4 Å². The fourth-order valence-corrected chi connectivity index (χ4v) is 3.46. The molecule has 0 bridgehead atoms. The van der Waals surface area contributed by atoms with Gasteiger partial charge in [-0.3, -0.25) is 4.79 Å². The molecule has 0 atom stereocenters. The number of carbonyl (C=O) groups excluding carboxylic acids is 1. The fraction of sp³-hybridized carbons (Fsp3) is 0.467. The monoisotopic (exact) mass is 305 g/mol. The van der Waals surface area contributed by atoms with E-state index in [4.69, 9.17) is 4.74 Å². The molecule has 1 N–H and O–H groups in total. The Bertz CT molecular complexity index is 649. The standard InChI is InChI=1S/C15H19N3O2S/c1-10-3-4-12-13(7-10)21-15(17-12)18-8-11(9-18)14(19)16-5-6-20-2/h3-4,7,11H,5-6,8-9H2,1-2H3,(H,16,19). The van der Waals surface area contributed by atoms with Crippen LogP contribution in [0.15, 0.2) is 18.2 Å². The molecule has 0 radical (unpaired) electrons. The van der Waals surface area contributed by atoms with Crippen LogP contribution < -0.4 is 10.2 Å². The molecule has 0 spiro atoms. The van der Waals surface area contributed by atoms with Crippen molar-refractivity contribution in [1.82, 2.24) is 10.3 Å². The molecule has 112 valence electrons. The second-order valence-electron chi connectivity index (χ2n) is 5.35. The summed E-state index contributed by atoms with van der Waals surface area (Å²) in [5.41, 5.74) is 2.28. The third kappa shape index (κ3) is 3.01. The molecule has 0 aliphatic carbocycles. The first-order valence-corrected chi connectivity index (χ1v) is 7.88. The lowest BCUT2D eigenvalue weighted by Gasteiger charge is -2.37. The van der Waals surface area contributed by atoms with Gasteiger partial charge in [0, 0.05) is 26.7 Å². The fourth-order valence-electron chi connectivity index (χ4n) is 2.38. The van der Waals surface area contributed by atoms with Gasteiger partial charge in [-0.25, -0.2) is 4.98 Å². The molecule has 6 heteroatoms. The Kier molecular flexibility index (Phi) is 4.07. The summed E-state index contributed by atoms with van der Waals surface area (Å²) in [4.78, 5) is 18.7.